The highest BCUT2D eigenvalue weighted by Gasteiger charge is 2.18. The van der Waals surface area contributed by atoms with Crippen LogP contribution in [-0.4, -0.2) is 30.6 Å². The highest BCUT2D eigenvalue weighted by molar-refractivity contribution is 6.34. The molecule has 0 atom stereocenters. The van der Waals surface area contributed by atoms with Crippen LogP contribution in [-0.2, 0) is 6.42 Å². The van der Waals surface area contributed by atoms with Crippen molar-refractivity contribution in [2.24, 2.45) is 0 Å². The third-order valence-corrected chi connectivity index (χ3v) is 4.80. The number of nitrogens with one attached hydrogen (secondary N) is 2. The van der Waals surface area contributed by atoms with E-state index in [1.54, 1.807) is 18.2 Å². The van der Waals surface area contributed by atoms with Crippen LogP contribution in [0.25, 0.3) is 10.9 Å². The van der Waals surface area contributed by atoms with Crippen LogP contribution in [0.5, 0.6) is 11.5 Å². The van der Waals surface area contributed by atoms with Crippen LogP contribution < -0.4 is 14.8 Å². The second kappa shape index (κ2) is 7.48. The molecule has 2 aromatic carbocycles. The van der Waals surface area contributed by atoms with E-state index in [0.717, 1.165) is 22.9 Å². The lowest BCUT2D eigenvalue weighted by Crippen LogP contribution is -2.26. The number of hydrogen-bond acceptors (Lipinski definition) is 3. The van der Waals surface area contributed by atoms with E-state index < -0.39 is 0 Å². The Bertz CT molecular complexity index is 1000. The lowest BCUT2D eigenvalue weighted by Gasteiger charge is -2.11. The van der Waals surface area contributed by atoms with E-state index in [4.69, 9.17) is 21.1 Å². The van der Waals surface area contributed by atoms with Gasteiger partial charge in [-0.25, -0.2) is 4.39 Å². The van der Waals surface area contributed by atoms with E-state index in [-0.39, 0.29) is 11.7 Å². The molecule has 0 radical (unpaired) electrons. The minimum atomic E-state index is -0.290. The Hall–Kier alpha value is -2.73. The molecule has 3 aromatic rings. The molecule has 0 saturated carbocycles. The van der Waals surface area contributed by atoms with E-state index in [0.29, 0.717) is 48.3 Å². The molecule has 0 spiro atoms. The Morgan fingerprint density at radius 2 is 1.96 bits per heavy atom. The van der Waals surface area contributed by atoms with Gasteiger partial charge in [0, 0.05) is 36.1 Å². The number of ether oxygens (including phenoxy) is 2. The lowest BCUT2D eigenvalue weighted by molar-refractivity contribution is 0.0954. The maximum Gasteiger partial charge on any atom is 0.252 e. The Morgan fingerprint density at radius 1 is 1.19 bits per heavy atom. The van der Waals surface area contributed by atoms with Gasteiger partial charge in [-0.15, -0.1) is 0 Å². The monoisotopic (exact) mass is 388 g/mol. The Balaban J connectivity index is 1.45. The smallest absolute Gasteiger partial charge is 0.252 e. The molecule has 0 fully saturated rings. The summed E-state index contributed by atoms with van der Waals surface area (Å²) in [6.45, 7) is 1.49. The fourth-order valence-electron chi connectivity index (χ4n) is 3.12. The second-order valence-corrected chi connectivity index (χ2v) is 6.75. The van der Waals surface area contributed by atoms with Crippen molar-refractivity contribution >= 4 is 28.4 Å². The summed E-state index contributed by atoms with van der Waals surface area (Å²) in [6, 6.07) is 7.82. The zero-order valence-corrected chi connectivity index (χ0v) is 15.2. The largest absolute Gasteiger partial charge is 0.490 e. The van der Waals surface area contributed by atoms with Crippen LogP contribution >= 0.6 is 11.6 Å². The first-order chi connectivity index (χ1) is 13.1. The van der Waals surface area contributed by atoms with Crippen LogP contribution in [0.2, 0.25) is 5.02 Å². The topological polar surface area (TPSA) is 63.4 Å². The van der Waals surface area contributed by atoms with Crippen molar-refractivity contribution in [3.05, 3.63) is 58.5 Å². The number of aromatic nitrogens is 1. The summed E-state index contributed by atoms with van der Waals surface area (Å²) in [6.07, 6.45) is 3.17. The SMILES string of the molecule is O=C(NCCc1c[nH]c2ccc(F)cc12)c1cc2c(cc1Cl)OCCCO2. The van der Waals surface area contributed by atoms with Crippen molar-refractivity contribution in [3.63, 3.8) is 0 Å². The molecule has 2 N–H and O–H groups in total. The van der Waals surface area contributed by atoms with Crippen LogP contribution in [0.4, 0.5) is 4.39 Å². The summed E-state index contributed by atoms with van der Waals surface area (Å²) >= 11 is 6.24. The standard InChI is InChI=1S/C20H18ClFN2O3/c21-16-10-19-18(26-6-1-7-27-19)9-15(16)20(25)23-5-4-12-11-24-17-3-2-13(22)8-14(12)17/h2-3,8-11,24H,1,4-7H2,(H,23,25). The van der Waals surface area contributed by atoms with Crippen molar-refractivity contribution in [1.82, 2.24) is 10.3 Å². The number of fused-ring (bicyclic) bond motifs is 2. The molecule has 5 nitrogen and oxygen atoms in total. The van der Waals surface area contributed by atoms with Gasteiger partial charge < -0.3 is 19.8 Å². The molecule has 0 bridgehead atoms. The Morgan fingerprint density at radius 3 is 2.78 bits per heavy atom. The molecule has 0 unspecified atom stereocenters. The number of aromatic amines is 1. The number of amides is 1. The third-order valence-electron chi connectivity index (χ3n) is 4.49. The quantitative estimate of drug-likeness (QED) is 0.707. The molecule has 1 aromatic heterocycles. The number of carbonyl (C=O) groups excluding carboxylic acids is 1. The van der Waals surface area contributed by atoms with Gasteiger partial charge in [-0.3, -0.25) is 4.79 Å². The Labute approximate surface area is 160 Å². The van der Waals surface area contributed by atoms with E-state index in [9.17, 15) is 9.18 Å². The van der Waals surface area contributed by atoms with Gasteiger partial charge in [0.2, 0.25) is 0 Å². The average Bonchev–Trinajstić information content (AvgIpc) is 2.90. The molecule has 1 amide bonds. The molecular formula is C20H18ClFN2O3. The van der Waals surface area contributed by atoms with Gasteiger partial charge in [0.05, 0.1) is 23.8 Å². The van der Waals surface area contributed by atoms with E-state index in [1.807, 2.05) is 6.20 Å². The van der Waals surface area contributed by atoms with Crippen LogP contribution in [0, 0.1) is 5.82 Å². The number of rotatable bonds is 4. The van der Waals surface area contributed by atoms with Gasteiger partial charge in [0.1, 0.15) is 5.82 Å². The maximum absolute atomic E-state index is 13.5. The molecule has 0 saturated heterocycles. The predicted octanol–water partition coefficient (Wildman–Crippen LogP) is 4.09. The minimum Gasteiger partial charge on any atom is -0.490 e. The van der Waals surface area contributed by atoms with Crippen LogP contribution in [0.3, 0.4) is 0 Å². The van der Waals surface area contributed by atoms with Gasteiger partial charge in [-0.2, -0.15) is 0 Å². The normalized spacial score (nSPS) is 13.4. The molecule has 4 rings (SSSR count). The predicted molar refractivity (Wildman–Crippen MR) is 101 cm³/mol. The summed E-state index contributed by atoms with van der Waals surface area (Å²) in [4.78, 5) is 15.6. The summed E-state index contributed by atoms with van der Waals surface area (Å²) in [5.74, 6) is 0.497. The maximum atomic E-state index is 13.5. The molecule has 7 heteroatoms. The highest BCUT2D eigenvalue weighted by Crippen LogP contribution is 2.35. The van der Waals surface area contributed by atoms with E-state index in [2.05, 4.69) is 10.3 Å². The summed E-state index contributed by atoms with van der Waals surface area (Å²) < 4.78 is 24.6. The number of carbonyl (C=O) groups is 1. The minimum absolute atomic E-state index is 0.286. The van der Waals surface area contributed by atoms with Crippen molar-refractivity contribution < 1.29 is 18.7 Å². The van der Waals surface area contributed by atoms with Gasteiger partial charge in [0.25, 0.3) is 5.91 Å². The second-order valence-electron chi connectivity index (χ2n) is 6.34. The first kappa shape index (κ1) is 17.7. The zero-order valence-electron chi connectivity index (χ0n) is 14.5. The number of halogens is 2. The van der Waals surface area contributed by atoms with E-state index in [1.165, 1.54) is 12.1 Å². The third kappa shape index (κ3) is 3.71. The average molecular weight is 389 g/mol. The summed E-state index contributed by atoms with van der Waals surface area (Å²) in [5.41, 5.74) is 2.14. The van der Waals surface area contributed by atoms with Crippen molar-refractivity contribution in [2.75, 3.05) is 19.8 Å². The zero-order chi connectivity index (χ0) is 18.8. The molecule has 0 aliphatic carbocycles. The molecule has 140 valence electrons. The molecular weight excluding hydrogens is 371 g/mol. The number of H-pyrrole nitrogens is 1. The van der Waals surface area contributed by atoms with Crippen molar-refractivity contribution in [3.8, 4) is 11.5 Å². The molecule has 2 heterocycles. The number of hydrogen-bond donors (Lipinski definition) is 2. The fourth-order valence-corrected chi connectivity index (χ4v) is 3.36. The number of benzene rings is 2. The first-order valence-corrected chi connectivity index (χ1v) is 9.12. The summed E-state index contributed by atoms with van der Waals surface area (Å²) in [5, 5.41) is 3.98. The van der Waals surface area contributed by atoms with Crippen LogP contribution in [0.15, 0.2) is 36.5 Å². The van der Waals surface area contributed by atoms with Gasteiger partial charge in [-0.05, 0) is 36.2 Å². The fraction of sp³-hybridized carbons (Fsp3) is 0.250. The van der Waals surface area contributed by atoms with Crippen molar-refractivity contribution in [1.29, 1.82) is 0 Å². The molecule has 1 aliphatic rings. The molecule has 27 heavy (non-hydrogen) atoms. The first-order valence-electron chi connectivity index (χ1n) is 8.74. The van der Waals surface area contributed by atoms with Gasteiger partial charge >= 0.3 is 0 Å². The van der Waals surface area contributed by atoms with Crippen LogP contribution in [0.1, 0.15) is 22.3 Å². The highest BCUT2D eigenvalue weighted by atomic mass is 35.5. The Kier molecular flexibility index (Phi) is 4.90. The van der Waals surface area contributed by atoms with E-state index >= 15 is 0 Å². The molecule has 1 aliphatic heterocycles. The van der Waals surface area contributed by atoms with Crippen molar-refractivity contribution in [2.45, 2.75) is 12.8 Å². The summed E-state index contributed by atoms with van der Waals surface area (Å²) in [7, 11) is 0. The van der Waals surface area contributed by atoms with Gasteiger partial charge in [0.15, 0.2) is 11.5 Å². The van der Waals surface area contributed by atoms with Gasteiger partial charge in [-0.1, -0.05) is 11.6 Å². The lowest BCUT2D eigenvalue weighted by atomic mass is 10.1.